The van der Waals surface area contributed by atoms with Crippen LogP contribution >= 0.6 is 11.6 Å². The van der Waals surface area contributed by atoms with Gasteiger partial charge in [0.05, 0.1) is 11.1 Å². The average molecular weight is 307 g/mol. The first-order valence-electron chi connectivity index (χ1n) is 4.61. The highest BCUT2D eigenvalue weighted by molar-refractivity contribution is 6.26. The number of hydrogen-bond acceptors (Lipinski definition) is 2. The minimum atomic E-state index is -5.23. The van der Waals surface area contributed by atoms with E-state index < -0.39 is 41.1 Å². The second-order valence-electron chi connectivity index (χ2n) is 3.31. The Bertz CT molecular complexity index is 480. The molecule has 9 heteroatoms. The number of halogens is 7. The molecule has 0 radical (unpaired) electrons. The number of alkyl halides is 7. The first kappa shape index (κ1) is 15.6. The molecule has 0 N–H and O–H groups in total. The van der Waals surface area contributed by atoms with E-state index >= 15 is 0 Å². The number of benzene rings is 1. The molecule has 2 nitrogen and oxygen atoms in total. The fourth-order valence-electron chi connectivity index (χ4n) is 1.23. The molecule has 0 aliphatic heterocycles. The van der Waals surface area contributed by atoms with E-state index in [0.29, 0.717) is 6.07 Å². The number of ether oxygens (including phenoxy) is 1. The molecule has 1 aromatic rings. The molecule has 0 saturated carbocycles. The second-order valence-corrected chi connectivity index (χ2v) is 3.58. The molecule has 0 aliphatic rings. The molecular formula is C10H5ClF6O2. The van der Waals surface area contributed by atoms with E-state index in [2.05, 4.69) is 4.74 Å². The van der Waals surface area contributed by atoms with Gasteiger partial charge in [-0.15, -0.1) is 11.6 Å². The van der Waals surface area contributed by atoms with Crippen LogP contribution in [0.4, 0.5) is 26.3 Å². The van der Waals surface area contributed by atoms with Gasteiger partial charge in [0.15, 0.2) is 0 Å². The molecule has 0 atom stereocenters. The van der Waals surface area contributed by atoms with Crippen LogP contribution in [0.1, 0.15) is 11.1 Å². The monoisotopic (exact) mass is 306 g/mol. The maximum Gasteiger partial charge on any atom is 0.417 e. The van der Waals surface area contributed by atoms with Crippen LogP contribution in [-0.4, -0.2) is 11.8 Å². The molecule has 0 spiro atoms. The summed E-state index contributed by atoms with van der Waals surface area (Å²) in [6, 6.07) is 0.912. The minimum absolute atomic E-state index is 0.104. The van der Waals surface area contributed by atoms with Crippen molar-refractivity contribution in [2.45, 2.75) is 12.4 Å². The molecule has 0 heterocycles. The van der Waals surface area contributed by atoms with E-state index in [9.17, 15) is 31.1 Å². The first-order chi connectivity index (χ1) is 8.55. The summed E-state index contributed by atoms with van der Waals surface area (Å²) in [4.78, 5) is 10.8. The molecule has 0 fully saturated rings. The zero-order valence-corrected chi connectivity index (χ0v) is 9.66. The minimum Gasteiger partial charge on any atom is -0.426 e. The van der Waals surface area contributed by atoms with Gasteiger partial charge < -0.3 is 4.74 Å². The summed E-state index contributed by atoms with van der Waals surface area (Å²) in [5.41, 5.74) is -3.79. The Morgan fingerprint density at radius 2 is 1.58 bits per heavy atom. The van der Waals surface area contributed by atoms with Crippen molar-refractivity contribution < 1.29 is 35.9 Å². The standard InChI is InChI=1S/C10H5ClF6O2/c11-4-8(18)19-5-1-2-6(9(12,13)14)7(3-5)10(15,16)17/h1-3H,4H2. The zero-order chi connectivity index (χ0) is 14.8. The molecule has 0 amide bonds. The topological polar surface area (TPSA) is 26.3 Å². The van der Waals surface area contributed by atoms with Gasteiger partial charge in [0.25, 0.3) is 0 Å². The van der Waals surface area contributed by atoms with E-state index in [-0.39, 0.29) is 12.1 Å². The number of esters is 1. The first-order valence-corrected chi connectivity index (χ1v) is 5.14. The predicted molar refractivity (Wildman–Crippen MR) is 52.8 cm³/mol. The Hall–Kier alpha value is -1.44. The lowest BCUT2D eigenvalue weighted by Crippen LogP contribution is -2.17. The summed E-state index contributed by atoms with van der Waals surface area (Å²) in [6.45, 7) is 0. The molecule has 19 heavy (non-hydrogen) atoms. The van der Waals surface area contributed by atoms with Gasteiger partial charge >= 0.3 is 18.3 Å². The van der Waals surface area contributed by atoms with Crippen molar-refractivity contribution in [2.75, 3.05) is 5.88 Å². The van der Waals surface area contributed by atoms with Crippen LogP contribution in [0.25, 0.3) is 0 Å². The summed E-state index contributed by atoms with van der Waals surface area (Å²) in [5.74, 6) is -2.37. The highest BCUT2D eigenvalue weighted by Crippen LogP contribution is 2.41. The Morgan fingerprint density at radius 3 is 2.00 bits per heavy atom. The maximum absolute atomic E-state index is 12.5. The van der Waals surface area contributed by atoms with Crippen molar-refractivity contribution >= 4 is 17.6 Å². The molecule has 0 saturated heterocycles. The molecule has 106 valence electrons. The summed E-state index contributed by atoms with van der Waals surface area (Å²) in [5, 5.41) is 0. The lowest BCUT2D eigenvalue weighted by molar-refractivity contribution is -0.162. The van der Waals surface area contributed by atoms with Gasteiger partial charge in [0.1, 0.15) is 11.6 Å². The van der Waals surface area contributed by atoms with Crippen molar-refractivity contribution in [3.8, 4) is 5.75 Å². The average Bonchev–Trinajstić information content (AvgIpc) is 2.26. The van der Waals surface area contributed by atoms with E-state index in [0.717, 1.165) is 0 Å². The summed E-state index contributed by atoms with van der Waals surface area (Å²) in [6.07, 6.45) is -10.4. The third-order valence-electron chi connectivity index (χ3n) is 1.94. The number of carbonyl (C=O) groups is 1. The van der Waals surface area contributed by atoms with Crippen molar-refractivity contribution in [2.24, 2.45) is 0 Å². The van der Waals surface area contributed by atoms with Gasteiger partial charge in [-0.3, -0.25) is 4.79 Å². The third kappa shape index (κ3) is 4.02. The second kappa shape index (κ2) is 5.28. The van der Waals surface area contributed by atoms with Crippen LogP contribution in [0.5, 0.6) is 5.75 Å². The van der Waals surface area contributed by atoms with Crippen LogP contribution < -0.4 is 4.74 Å². The van der Waals surface area contributed by atoms with Crippen molar-refractivity contribution in [1.29, 1.82) is 0 Å². The number of rotatable bonds is 2. The summed E-state index contributed by atoms with van der Waals surface area (Å²) >= 11 is 5.06. The SMILES string of the molecule is O=C(CCl)Oc1ccc(C(F)(F)F)c(C(F)(F)F)c1. The smallest absolute Gasteiger partial charge is 0.417 e. The maximum atomic E-state index is 12.5. The van der Waals surface area contributed by atoms with Crippen LogP contribution in [0.15, 0.2) is 18.2 Å². The highest BCUT2D eigenvalue weighted by atomic mass is 35.5. The highest BCUT2D eigenvalue weighted by Gasteiger charge is 2.43. The zero-order valence-electron chi connectivity index (χ0n) is 8.90. The van der Waals surface area contributed by atoms with E-state index in [1.54, 1.807) is 0 Å². The number of carbonyl (C=O) groups excluding carboxylic acids is 1. The molecule has 0 aliphatic carbocycles. The van der Waals surface area contributed by atoms with E-state index in [1.165, 1.54) is 0 Å². The van der Waals surface area contributed by atoms with Crippen molar-refractivity contribution in [3.63, 3.8) is 0 Å². The predicted octanol–water partition coefficient (Wildman–Crippen LogP) is 3.87. The normalized spacial score (nSPS) is 12.4. The third-order valence-corrected chi connectivity index (χ3v) is 2.16. The molecule has 1 rings (SSSR count). The Labute approximate surface area is 107 Å². The van der Waals surface area contributed by atoms with Gasteiger partial charge in [-0.1, -0.05) is 0 Å². The van der Waals surface area contributed by atoms with Gasteiger partial charge in [0.2, 0.25) is 0 Å². The lowest BCUT2D eigenvalue weighted by atomic mass is 10.1. The quantitative estimate of drug-likeness (QED) is 0.359. The Kier molecular flexibility index (Phi) is 4.34. The molecule has 0 aromatic heterocycles. The number of hydrogen-bond donors (Lipinski definition) is 0. The molecule has 1 aromatic carbocycles. The summed E-state index contributed by atoms with van der Waals surface area (Å²) < 4.78 is 79.1. The van der Waals surface area contributed by atoms with Crippen LogP contribution in [-0.2, 0) is 17.1 Å². The fourth-order valence-corrected chi connectivity index (χ4v) is 1.28. The molecular weight excluding hydrogens is 302 g/mol. The van der Waals surface area contributed by atoms with Crippen LogP contribution in [0.3, 0.4) is 0 Å². The Balaban J connectivity index is 3.28. The van der Waals surface area contributed by atoms with E-state index in [1.807, 2.05) is 0 Å². The molecule has 0 unspecified atom stereocenters. The van der Waals surface area contributed by atoms with Gasteiger partial charge in [-0.25, -0.2) is 0 Å². The van der Waals surface area contributed by atoms with E-state index in [4.69, 9.17) is 11.6 Å². The van der Waals surface area contributed by atoms with Crippen LogP contribution in [0.2, 0.25) is 0 Å². The van der Waals surface area contributed by atoms with Crippen molar-refractivity contribution in [1.82, 2.24) is 0 Å². The summed E-state index contributed by atoms with van der Waals surface area (Å²) in [7, 11) is 0. The Morgan fingerprint density at radius 1 is 1.05 bits per heavy atom. The van der Waals surface area contributed by atoms with Gasteiger partial charge in [-0.05, 0) is 18.2 Å². The fraction of sp³-hybridized carbons (Fsp3) is 0.300. The van der Waals surface area contributed by atoms with Gasteiger partial charge in [-0.2, -0.15) is 26.3 Å². The molecule has 0 bridgehead atoms. The van der Waals surface area contributed by atoms with Crippen molar-refractivity contribution in [3.05, 3.63) is 29.3 Å². The largest absolute Gasteiger partial charge is 0.426 e. The van der Waals surface area contributed by atoms with Gasteiger partial charge in [0, 0.05) is 0 Å². The lowest BCUT2D eigenvalue weighted by Gasteiger charge is -2.16. The van der Waals surface area contributed by atoms with Crippen LogP contribution in [0, 0.1) is 0 Å².